The van der Waals surface area contributed by atoms with Crippen LogP contribution in [0.1, 0.15) is 49.8 Å². The molecule has 1 fully saturated rings. The van der Waals surface area contributed by atoms with E-state index in [-0.39, 0.29) is 30.1 Å². The molecule has 2 rings (SSSR count). The number of rotatable bonds is 6. The molecule has 24 heavy (non-hydrogen) atoms. The summed E-state index contributed by atoms with van der Waals surface area (Å²) in [5.41, 5.74) is 2.58. The van der Waals surface area contributed by atoms with E-state index < -0.39 is 0 Å². The van der Waals surface area contributed by atoms with Crippen LogP contribution in [0.2, 0.25) is 0 Å². The van der Waals surface area contributed by atoms with Crippen LogP contribution < -0.4 is 10.6 Å². The SMILES string of the molecule is CCCCNC(=NC)NCC1CCCOC1c1ccc(C)cc1.I. The van der Waals surface area contributed by atoms with Gasteiger partial charge in [-0.1, -0.05) is 43.2 Å². The van der Waals surface area contributed by atoms with Gasteiger partial charge in [0.1, 0.15) is 0 Å². The van der Waals surface area contributed by atoms with Crippen LogP contribution in [0.5, 0.6) is 0 Å². The number of hydrogen-bond acceptors (Lipinski definition) is 2. The van der Waals surface area contributed by atoms with E-state index in [9.17, 15) is 0 Å². The Balaban J connectivity index is 0.00000288. The van der Waals surface area contributed by atoms with Crippen molar-refractivity contribution < 1.29 is 4.74 Å². The minimum Gasteiger partial charge on any atom is -0.373 e. The molecule has 0 spiro atoms. The van der Waals surface area contributed by atoms with Gasteiger partial charge in [-0.15, -0.1) is 24.0 Å². The number of halogens is 1. The summed E-state index contributed by atoms with van der Waals surface area (Å²) < 4.78 is 6.08. The van der Waals surface area contributed by atoms with Crippen molar-refractivity contribution >= 4 is 29.9 Å². The van der Waals surface area contributed by atoms with E-state index in [0.29, 0.717) is 5.92 Å². The zero-order valence-corrected chi connectivity index (χ0v) is 17.5. The summed E-state index contributed by atoms with van der Waals surface area (Å²) in [6, 6.07) is 8.74. The summed E-state index contributed by atoms with van der Waals surface area (Å²) in [5, 5.41) is 6.84. The van der Waals surface area contributed by atoms with Crippen LogP contribution in [-0.2, 0) is 4.74 Å². The molecule has 2 atom stereocenters. The minimum absolute atomic E-state index is 0. The van der Waals surface area contributed by atoms with Gasteiger partial charge in [-0.2, -0.15) is 0 Å². The second-order valence-corrected chi connectivity index (χ2v) is 6.34. The first kappa shape index (κ1) is 21.2. The minimum atomic E-state index is 0. The first-order chi connectivity index (χ1) is 11.2. The Kier molecular flexibility index (Phi) is 10.3. The van der Waals surface area contributed by atoms with Gasteiger partial charge in [-0.3, -0.25) is 4.99 Å². The number of benzene rings is 1. The maximum atomic E-state index is 6.08. The van der Waals surface area contributed by atoms with Crippen molar-refractivity contribution in [1.29, 1.82) is 0 Å². The van der Waals surface area contributed by atoms with Gasteiger partial charge in [0.15, 0.2) is 5.96 Å². The molecule has 1 heterocycles. The van der Waals surface area contributed by atoms with Crippen molar-refractivity contribution in [3.05, 3.63) is 35.4 Å². The predicted octanol–water partition coefficient (Wildman–Crippen LogP) is 4.05. The van der Waals surface area contributed by atoms with E-state index in [1.54, 1.807) is 0 Å². The number of nitrogens with zero attached hydrogens (tertiary/aromatic N) is 1. The maximum Gasteiger partial charge on any atom is 0.190 e. The van der Waals surface area contributed by atoms with Gasteiger partial charge in [-0.25, -0.2) is 0 Å². The Hall–Kier alpha value is -0.820. The van der Waals surface area contributed by atoms with Crippen LogP contribution in [0.4, 0.5) is 0 Å². The lowest BCUT2D eigenvalue weighted by Crippen LogP contribution is -2.42. The molecule has 0 amide bonds. The summed E-state index contributed by atoms with van der Waals surface area (Å²) in [5.74, 6) is 1.38. The maximum absolute atomic E-state index is 6.08. The fraction of sp³-hybridized carbons (Fsp3) is 0.632. The molecule has 0 aromatic heterocycles. The third-order valence-corrected chi connectivity index (χ3v) is 4.43. The second-order valence-electron chi connectivity index (χ2n) is 6.34. The molecule has 1 saturated heterocycles. The number of aliphatic imine (C=N–C) groups is 1. The quantitative estimate of drug-likeness (QED) is 0.301. The highest BCUT2D eigenvalue weighted by atomic mass is 127. The third kappa shape index (κ3) is 6.59. The first-order valence-electron chi connectivity index (χ1n) is 8.87. The molecule has 4 nitrogen and oxygen atoms in total. The highest BCUT2D eigenvalue weighted by molar-refractivity contribution is 14.0. The standard InChI is InChI=1S/C19H31N3O.HI/c1-4-5-12-21-19(20-3)22-14-17-7-6-13-23-18(17)16-10-8-15(2)9-11-16;/h8-11,17-18H,4-7,12-14H2,1-3H3,(H2,20,21,22);1H. The first-order valence-corrected chi connectivity index (χ1v) is 8.87. The summed E-state index contributed by atoms with van der Waals surface area (Å²) in [4.78, 5) is 4.31. The van der Waals surface area contributed by atoms with Gasteiger partial charge in [0, 0.05) is 32.7 Å². The Bertz CT molecular complexity index is 490. The van der Waals surface area contributed by atoms with Crippen molar-refractivity contribution in [2.45, 2.75) is 45.6 Å². The van der Waals surface area contributed by atoms with Crippen LogP contribution in [0, 0.1) is 12.8 Å². The van der Waals surface area contributed by atoms with Gasteiger partial charge in [0.2, 0.25) is 0 Å². The number of nitrogens with one attached hydrogen (secondary N) is 2. The Labute approximate surface area is 163 Å². The summed E-state index contributed by atoms with van der Waals surface area (Å²) in [6.07, 6.45) is 4.87. The van der Waals surface area contributed by atoms with Crippen molar-refractivity contribution in [3.8, 4) is 0 Å². The molecule has 0 bridgehead atoms. The van der Waals surface area contributed by atoms with Crippen LogP contribution in [0.15, 0.2) is 29.3 Å². The average molecular weight is 445 g/mol. The zero-order valence-electron chi connectivity index (χ0n) is 15.2. The van der Waals surface area contributed by atoms with Crippen molar-refractivity contribution in [3.63, 3.8) is 0 Å². The lowest BCUT2D eigenvalue weighted by molar-refractivity contribution is -0.0265. The molecule has 0 saturated carbocycles. The lowest BCUT2D eigenvalue weighted by atomic mass is 9.89. The molecule has 1 aromatic carbocycles. The molecule has 1 aromatic rings. The molecule has 0 aliphatic carbocycles. The molecule has 136 valence electrons. The molecule has 5 heteroatoms. The Morgan fingerprint density at radius 2 is 2.00 bits per heavy atom. The van der Waals surface area contributed by atoms with E-state index in [1.165, 1.54) is 30.4 Å². The smallest absolute Gasteiger partial charge is 0.190 e. The largest absolute Gasteiger partial charge is 0.373 e. The fourth-order valence-electron chi connectivity index (χ4n) is 3.01. The van der Waals surface area contributed by atoms with Crippen LogP contribution in [-0.4, -0.2) is 32.7 Å². The number of guanidine groups is 1. The van der Waals surface area contributed by atoms with Gasteiger partial charge in [-0.05, 0) is 31.7 Å². The van der Waals surface area contributed by atoms with Gasteiger partial charge in [0.25, 0.3) is 0 Å². The van der Waals surface area contributed by atoms with E-state index >= 15 is 0 Å². The van der Waals surface area contributed by atoms with E-state index in [2.05, 4.69) is 53.7 Å². The number of aryl methyl sites for hydroxylation is 1. The molecule has 0 radical (unpaired) electrons. The van der Waals surface area contributed by atoms with Gasteiger partial charge in [0.05, 0.1) is 6.10 Å². The van der Waals surface area contributed by atoms with Crippen molar-refractivity contribution in [1.82, 2.24) is 10.6 Å². The number of ether oxygens (including phenoxy) is 1. The lowest BCUT2D eigenvalue weighted by Gasteiger charge is -2.32. The highest BCUT2D eigenvalue weighted by Gasteiger charge is 2.27. The summed E-state index contributed by atoms with van der Waals surface area (Å²) in [6.45, 7) is 7.04. The highest BCUT2D eigenvalue weighted by Crippen LogP contribution is 2.33. The Morgan fingerprint density at radius 1 is 1.25 bits per heavy atom. The summed E-state index contributed by atoms with van der Waals surface area (Å²) in [7, 11) is 1.83. The van der Waals surface area contributed by atoms with Gasteiger partial charge < -0.3 is 15.4 Å². The number of unbranched alkanes of at least 4 members (excludes halogenated alkanes) is 1. The topological polar surface area (TPSA) is 45.7 Å². The zero-order chi connectivity index (χ0) is 16.5. The van der Waals surface area contributed by atoms with E-state index in [4.69, 9.17) is 4.74 Å². The molecule has 1 aliphatic heterocycles. The summed E-state index contributed by atoms with van der Waals surface area (Å²) >= 11 is 0. The van der Waals surface area contributed by atoms with Crippen LogP contribution in [0.25, 0.3) is 0 Å². The van der Waals surface area contributed by atoms with Crippen LogP contribution >= 0.6 is 24.0 Å². The Morgan fingerprint density at radius 3 is 2.67 bits per heavy atom. The van der Waals surface area contributed by atoms with Crippen molar-refractivity contribution in [2.24, 2.45) is 10.9 Å². The third-order valence-electron chi connectivity index (χ3n) is 4.43. The predicted molar refractivity (Wildman–Crippen MR) is 112 cm³/mol. The molecule has 2 unspecified atom stereocenters. The number of hydrogen-bond donors (Lipinski definition) is 2. The molecular formula is C19H32IN3O. The second kappa shape index (κ2) is 11.7. The molecule has 1 aliphatic rings. The normalized spacial score (nSPS) is 21.0. The van der Waals surface area contributed by atoms with Crippen LogP contribution in [0.3, 0.4) is 0 Å². The molecule has 2 N–H and O–H groups in total. The average Bonchev–Trinajstić information content (AvgIpc) is 2.59. The van der Waals surface area contributed by atoms with Crippen molar-refractivity contribution in [2.75, 3.05) is 26.7 Å². The van der Waals surface area contributed by atoms with E-state index in [1.807, 2.05) is 7.05 Å². The van der Waals surface area contributed by atoms with E-state index in [0.717, 1.165) is 32.1 Å². The van der Waals surface area contributed by atoms with Gasteiger partial charge >= 0.3 is 0 Å². The monoisotopic (exact) mass is 445 g/mol. The molecular weight excluding hydrogens is 413 g/mol. The fourth-order valence-corrected chi connectivity index (χ4v) is 3.01.